The third kappa shape index (κ3) is 2.78. The molecule has 4 heterocycles. The Morgan fingerprint density at radius 3 is 3.08 bits per heavy atom. The van der Waals surface area contributed by atoms with Gasteiger partial charge in [-0.1, -0.05) is 0 Å². The van der Waals surface area contributed by atoms with E-state index >= 15 is 0 Å². The molecule has 1 saturated heterocycles. The number of fused-ring (bicyclic) bond motifs is 2. The van der Waals surface area contributed by atoms with E-state index < -0.39 is 0 Å². The zero-order valence-electron chi connectivity index (χ0n) is 14.3. The van der Waals surface area contributed by atoms with Crippen LogP contribution in [0, 0.1) is 0 Å². The standard InChI is InChI=1S/C18H22N4O3/c1-2-24-16-14(4-3-8-19-16)17(23)22-9-6-18(7-10-22)15-13(5-11-25-18)12-20-21-15/h3-4,8,12H,2,5-7,9-11H2,1H3,(H,20,21). The van der Waals surface area contributed by atoms with Crippen LogP contribution in [0.2, 0.25) is 0 Å². The average Bonchev–Trinajstić information content (AvgIpc) is 3.13. The molecular formula is C18H22N4O3. The van der Waals surface area contributed by atoms with Crippen molar-refractivity contribution in [3.05, 3.63) is 41.3 Å². The quantitative estimate of drug-likeness (QED) is 0.921. The number of likely N-dealkylation sites (tertiary alicyclic amines) is 1. The molecule has 2 aromatic heterocycles. The van der Waals surface area contributed by atoms with Gasteiger partial charge in [-0.05, 0) is 43.9 Å². The predicted molar refractivity (Wildman–Crippen MR) is 90.5 cm³/mol. The van der Waals surface area contributed by atoms with Gasteiger partial charge in [0.1, 0.15) is 11.2 Å². The molecule has 7 heteroatoms. The van der Waals surface area contributed by atoms with Gasteiger partial charge < -0.3 is 14.4 Å². The van der Waals surface area contributed by atoms with E-state index in [9.17, 15) is 4.79 Å². The molecule has 0 unspecified atom stereocenters. The zero-order chi connectivity index (χ0) is 17.3. The second-order valence-corrected chi connectivity index (χ2v) is 6.44. The molecule has 1 amide bonds. The summed E-state index contributed by atoms with van der Waals surface area (Å²) in [5.41, 5.74) is 2.50. The summed E-state index contributed by atoms with van der Waals surface area (Å²) in [7, 11) is 0. The molecule has 0 aromatic carbocycles. The van der Waals surface area contributed by atoms with Crippen molar-refractivity contribution in [2.75, 3.05) is 26.3 Å². The number of ether oxygens (including phenoxy) is 2. The molecule has 0 radical (unpaired) electrons. The summed E-state index contributed by atoms with van der Waals surface area (Å²) in [5.74, 6) is 0.368. The first-order valence-electron chi connectivity index (χ1n) is 8.77. The zero-order valence-corrected chi connectivity index (χ0v) is 14.3. The lowest BCUT2D eigenvalue weighted by molar-refractivity contribution is -0.0962. The largest absolute Gasteiger partial charge is 0.477 e. The molecule has 1 spiro atoms. The van der Waals surface area contributed by atoms with E-state index in [1.807, 2.05) is 18.0 Å². The molecular weight excluding hydrogens is 320 g/mol. The molecule has 2 aliphatic heterocycles. The van der Waals surface area contributed by atoms with E-state index in [4.69, 9.17) is 9.47 Å². The molecule has 1 N–H and O–H groups in total. The van der Waals surface area contributed by atoms with Gasteiger partial charge >= 0.3 is 0 Å². The van der Waals surface area contributed by atoms with Crippen LogP contribution in [-0.4, -0.2) is 52.3 Å². The Bertz CT molecular complexity index is 765. The van der Waals surface area contributed by atoms with Crippen molar-refractivity contribution < 1.29 is 14.3 Å². The number of carbonyl (C=O) groups excluding carboxylic acids is 1. The van der Waals surface area contributed by atoms with Crippen molar-refractivity contribution in [2.45, 2.75) is 31.8 Å². The van der Waals surface area contributed by atoms with Crippen LogP contribution in [-0.2, 0) is 16.8 Å². The second kappa shape index (κ2) is 6.48. The smallest absolute Gasteiger partial charge is 0.259 e. The highest BCUT2D eigenvalue weighted by molar-refractivity contribution is 5.96. The SMILES string of the molecule is CCOc1ncccc1C(=O)N1CCC2(CC1)OCCc1cn[nH]c12. The number of rotatable bonds is 3. The van der Waals surface area contributed by atoms with E-state index in [-0.39, 0.29) is 11.5 Å². The van der Waals surface area contributed by atoms with Crippen molar-refractivity contribution in [3.63, 3.8) is 0 Å². The van der Waals surface area contributed by atoms with E-state index in [1.54, 1.807) is 18.3 Å². The predicted octanol–water partition coefficient (Wildman–Crippen LogP) is 1.91. The fourth-order valence-corrected chi connectivity index (χ4v) is 3.76. The number of amides is 1. The lowest BCUT2D eigenvalue weighted by atomic mass is 9.83. The number of nitrogens with one attached hydrogen (secondary N) is 1. The van der Waals surface area contributed by atoms with Gasteiger partial charge in [0.25, 0.3) is 5.91 Å². The van der Waals surface area contributed by atoms with Gasteiger partial charge in [-0.3, -0.25) is 9.89 Å². The van der Waals surface area contributed by atoms with Gasteiger partial charge in [-0.2, -0.15) is 5.10 Å². The summed E-state index contributed by atoms with van der Waals surface area (Å²) >= 11 is 0. The third-order valence-electron chi connectivity index (χ3n) is 5.06. The Morgan fingerprint density at radius 1 is 1.44 bits per heavy atom. The van der Waals surface area contributed by atoms with E-state index in [1.165, 1.54) is 5.56 Å². The Morgan fingerprint density at radius 2 is 2.28 bits per heavy atom. The molecule has 4 rings (SSSR count). The highest BCUT2D eigenvalue weighted by Gasteiger charge is 2.43. The number of piperidine rings is 1. The summed E-state index contributed by atoms with van der Waals surface area (Å²) in [6.07, 6.45) is 5.95. The average molecular weight is 342 g/mol. The highest BCUT2D eigenvalue weighted by Crippen LogP contribution is 2.40. The number of H-pyrrole nitrogens is 1. The first-order valence-corrected chi connectivity index (χ1v) is 8.77. The second-order valence-electron chi connectivity index (χ2n) is 6.44. The molecule has 2 aromatic rings. The fraction of sp³-hybridized carbons (Fsp3) is 0.500. The Kier molecular flexibility index (Phi) is 4.17. The maximum absolute atomic E-state index is 12.9. The summed E-state index contributed by atoms with van der Waals surface area (Å²) in [6.45, 7) is 4.35. The monoisotopic (exact) mass is 342 g/mol. The van der Waals surface area contributed by atoms with Crippen molar-refractivity contribution in [1.82, 2.24) is 20.1 Å². The molecule has 2 aliphatic rings. The Hall–Kier alpha value is -2.41. The van der Waals surface area contributed by atoms with Crippen LogP contribution < -0.4 is 4.74 Å². The van der Waals surface area contributed by atoms with Gasteiger partial charge in [0, 0.05) is 19.3 Å². The van der Waals surface area contributed by atoms with E-state index in [0.717, 1.165) is 25.0 Å². The lowest BCUT2D eigenvalue weighted by Crippen LogP contribution is -2.48. The normalized spacial score (nSPS) is 18.8. The molecule has 0 bridgehead atoms. The minimum absolute atomic E-state index is 0.0351. The topological polar surface area (TPSA) is 80.3 Å². The number of hydrogen-bond acceptors (Lipinski definition) is 5. The number of nitrogens with zero attached hydrogens (tertiary/aromatic N) is 3. The lowest BCUT2D eigenvalue weighted by Gasteiger charge is -2.43. The van der Waals surface area contributed by atoms with Crippen LogP contribution in [0.5, 0.6) is 5.88 Å². The summed E-state index contributed by atoms with van der Waals surface area (Å²) in [4.78, 5) is 18.9. The Balaban J connectivity index is 1.51. The van der Waals surface area contributed by atoms with Gasteiger partial charge in [0.2, 0.25) is 5.88 Å². The van der Waals surface area contributed by atoms with Crippen molar-refractivity contribution in [3.8, 4) is 5.88 Å². The highest BCUT2D eigenvalue weighted by atomic mass is 16.5. The molecule has 0 atom stereocenters. The fourth-order valence-electron chi connectivity index (χ4n) is 3.76. The Labute approximate surface area is 146 Å². The number of hydrogen-bond donors (Lipinski definition) is 1. The summed E-state index contributed by atoms with van der Waals surface area (Å²) in [6, 6.07) is 3.54. The third-order valence-corrected chi connectivity index (χ3v) is 5.06. The summed E-state index contributed by atoms with van der Waals surface area (Å²) < 4.78 is 11.6. The number of aromatic amines is 1. The van der Waals surface area contributed by atoms with E-state index in [0.29, 0.717) is 37.7 Å². The first-order chi connectivity index (χ1) is 12.2. The molecule has 1 fully saturated rings. The van der Waals surface area contributed by atoms with Crippen molar-refractivity contribution in [1.29, 1.82) is 0 Å². The van der Waals surface area contributed by atoms with Gasteiger partial charge in [-0.25, -0.2) is 4.98 Å². The first kappa shape index (κ1) is 16.1. The van der Waals surface area contributed by atoms with Crippen LogP contribution in [0.15, 0.2) is 24.5 Å². The van der Waals surface area contributed by atoms with E-state index in [2.05, 4.69) is 15.2 Å². The molecule has 25 heavy (non-hydrogen) atoms. The maximum atomic E-state index is 12.9. The molecule has 132 valence electrons. The minimum Gasteiger partial charge on any atom is -0.477 e. The van der Waals surface area contributed by atoms with Crippen molar-refractivity contribution >= 4 is 5.91 Å². The minimum atomic E-state index is -0.335. The van der Waals surface area contributed by atoms with Crippen LogP contribution in [0.1, 0.15) is 41.4 Å². The summed E-state index contributed by atoms with van der Waals surface area (Å²) in [5, 5.41) is 7.29. The van der Waals surface area contributed by atoms with Crippen molar-refractivity contribution in [2.24, 2.45) is 0 Å². The van der Waals surface area contributed by atoms with Gasteiger partial charge in [0.05, 0.1) is 25.1 Å². The van der Waals surface area contributed by atoms with Crippen LogP contribution in [0.4, 0.5) is 0 Å². The van der Waals surface area contributed by atoms with Gasteiger partial charge in [0.15, 0.2) is 0 Å². The number of pyridine rings is 1. The number of aromatic nitrogens is 3. The van der Waals surface area contributed by atoms with Crippen LogP contribution >= 0.6 is 0 Å². The van der Waals surface area contributed by atoms with Crippen LogP contribution in [0.25, 0.3) is 0 Å². The number of carbonyl (C=O) groups is 1. The molecule has 7 nitrogen and oxygen atoms in total. The molecule has 0 saturated carbocycles. The van der Waals surface area contributed by atoms with Crippen LogP contribution in [0.3, 0.4) is 0 Å². The van der Waals surface area contributed by atoms with Gasteiger partial charge in [-0.15, -0.1) is 0 Å². The maximum Gasteiger partial charge on any atom is 0.259 e. The molecule has 0 aliphatic carbocycles.